The third-order valence-electron chi connectivity index (χ3n) is 5.09. The van der Waals surface area contributed by atoms with E-state index in [2.05, 4.69) is 51.5 Å². The summed E-state index contributed by atoms with van der Waals surface area (Å²) in [5.74, 6) is 1.54. The first-order valence-electron chi connectivity index (χ1n) is 10.5. The van der Waals surface area contributed by atoms with Gasteiger partial charge in [0.2, 0.25) is 11.8 Å². The normalized spacial score (nSPS) is 10.3. The van der Waals surface area contributed by atoms with Crippen LogP contribution < -0.4 is 20.1 Å². The number of hydrogen-bond donors (Lipinski definition) is 2. The van der Waals surface area contributed by atoms with Crippen molar-refractivity contribution in [1.29, 1.82) is 0 Å². The molecule has 30 heavy (non-hydrogen) atoms. The Morgan fingerprint density at radius 2 is 1.03 bits per heavy atom. The van der Waals surface area contributed by atoms with Crippen molar-refractivity contribution < 1.29 is 19.1 Å². The molecule has 0 aromatic heterocycles. The maximum atomic E-state index is 11.1. The molecule has 1 aromatic rings. The molecule has 0 aliphatic carbocycles. The van der Waals surface area contributed by atoms with E-state index >= 15 is 0 Å². The second-order valence-electron chi connectivity index (χ2n) is 7.26. The Kier molecular flexibility index (Phi) is 11.3. The van der Waals surface area contributed by atoms with Gasteiger partial charge in [0.25, 0.3) is 0 Å². The quantitative estimate of drug-likeness (QED) is 0.357. The molecular formula is C24H36N2O4. The van der Waals surface area contributed by atoms with Crippen LogP contribution in [0.25, 0.3) is 0 Å². The number of rotatable bonds is 14. The van der Waals surface area contributed by atoms with Gasteiger partial charge in [0.05, 0.1) is 13.2 Å². The molecule has 0 atom stereocenters. The zero-order valence-electron chi connectivity index (χ0n) is 18.9. The summed E-state index contributed by atoms with van der Waals surface area (Å²) in [5.41, 5.74) is 4.36. The van der Waals surface area contributed by atoms with Gasteiger partial charge in [0.1, 0.15) is 11.5 Å². The van der Waals surface area contributed by atoms with Crippen LogP contribution in [0, 0.1) is 27.7 Å². The van der Waals surface area contributed by atoms with Crippen LogP contribution in [0.15, 0.2) is 25.3 Å². The van der Waals surface area contributed by atoms with E-state index in [0.29, 0.717) is 26.3 Å². The zero-order chi connectivity index (χ0) is 22.5. The standard InChI is InChI=1S/C24H36N2O4/c1-7-21(27)25-13-9-11-15-29-23-17(3)19(5)24(20(6)18(23)4)30-16-12-10-14-26-22(28)8-2/h7-8H,1-2,9-16H2,3-6H3,(H,25,27)(H,26,28). The second kappa shape index (κ2) is 13.5. The van der Waals surface area contributed by atoms with Crippen LogP contribution >= 0.6 is 0 Å². The number of benzene rings is 1. The minimum Gasteiger partial charge on any atom is -0.493 e. The van der Waals surface area contributed by atoms with E-state index in [-0.39, 0.29) is 11.8 Å². The highest BCUT2D eigenvalue weighted by Crippen LogP contribution is 2.37. The summed E-state index contributed by atoms with van der Waals surface area (Å²) in [5, 5.41) is 5.53. The SMILES string of the molecule is C=CC(=O)NCCCCOc1c(C)c(C)c(OCCCCNC(=O)C=C)c(C)c1C. The van der Waals surface area contributed by atoms with Gasteiger partial charge in [-0.15, -0.1) is 0 Å². The van der Waals surface area contributed by atoms with Gasteiger partial charge in [-0.05, 0) is 87.8 Å². The first-order valence-corrected chi connectivity index (χ1v) is 10.5. The van der Waals surface area contributed by atoms with Crippen LogP contribution in [0.5, 0.6) is 11.5 Å². The van der Waals surface area contributed by atoms with Crippen molar-refractivity contribution in [1.82, 2.24) is 10.6 Å². The fourth-order valence-electron chi connectivity index (χ4n) is 3.05. The Bertz CT molecular complexity index is 664. The maximum Gasteiger partial charge on any atom is 0.243 e. The van der Waals surface area contributed by atoms with E-state index in [1.807, 2.05) is 0 Å². The van der Waals surface area contributed by atoms with Crippen LogP contribution in [-0.4, -0.2) is 38.1 Å². The lowest BCUT2D eigenvalue weighted by molar-refractivity contribution is -0.117. The minimum atomic E-state index is -0.147. The molecule has 0 fully saturated rings. The highest BCUT2D eigenvalue weighted by Gasteiger charge is 2.17. The van der Waals surface area contributed by atoms with Crippen molar-refractivity contribution in [2.45, 2.75) is 53.4 Å². The monoisotopic (exact) mass is 416 g/mol. The summed E-state index contributed by atoms with van der Waals surface area (Å²) in [4.78, 5) is 22.3. The molecule has 2 amide bonds. The molecule has 0 unspecified atom stereocenters. The molecule has 6 heteroatoms. The molecular weight excluding hydrogens is 380 g/mol. The van der Waals surface area contributed by atoms with Gasteiger partial charge in [-0.1, -0.05) is 13.2 Å². The van der Waals surface area contributed by atoms with E-state index in [0.717, 1.165) is 59.4 Å². The van der Waals surface area contributed by atoms with Crippen LogP contribution in [0.2, 0.25) is 0 Å². The maximum absolute atomic E-state index is 11.1. The van der Waals surface area contributed by atoms with E-state index in [1.54, 1.807) is 0 Å². The zero-order valence-corrected chi connectivity index (χ0v) is 18.9. The summed E-state index contributed by atoms with van der Waals surface area (Å²) in [6.07, 6.45) is 5.97. The minimum absolute atomic E-state index is 0.147. The van der Waals surface area contributed by atoms with Crippen LogP contribution in [0.3, 0.4) is 0 Å². The summed E-state index contributed by atoms with van der Waals surface area (Å²) < 4.78 is 12.1. The van der Waals surface area contributed by atoms with E-state index in [1.165, 1.54) is 12.2 Å². The van der Waals surface area contributed by atoms with Gasteiger partial charge in [-0.3, -0.25) is 9.59 Å². The molecule has 0 aliphatic heterocycles. The summed E-state index contributed by atoms with van der Waals surface area (Å²) >= 11 is 0. The Balaban J connectivity index is 2.55. The number of ether oxygens (including phenoxy) is 2. The first kappa shape index (κ1) is 25.3. The van der Waals surface area contributed by atoms with Crippen molar-refractivity contribution in [2.75, 3.05) is 26.3 Å². The van der Waals surface area contributed by atoms with Crippen molar-refractivity contribution in [3.05, 3.63) is 47.6 Å². The molecule has 0 heterocycles. The third kappa shape index (κ3) is 7.93. The molecule has 1 rings (SSSR count). The molecule has 2 N–H and O–H groups in total. The smallest absolute Gasteiger partial charge is 0.243 e. The van der Waals surface area contributed by atoms with Gasteiger partial charge < -0.3 is 20.1 Å². The number of carbonyl (C=O) groups is 2. The van der Waals surface area contributed by atoms with E-state index in [9.17, 15) is 9.59 Å². The van der Waals surface area contributed by atoms with Crippen molar-refractivity contribution in [2.24, 2.45) is 0 Å². The number of carbonyl (C=O) groups excluding carboxylic acids is 2. The molecule has 0 radical (unpaired) electrons. The molecule has 0 bridgehead atoms. The van der Waals surface area contributed by atoms with E-state index in [4.69, 9.17) is 9.47 Å². The molecule has 0 aliphatic rings. The third-order valence-corrected chi connectivity index (χ3v) is 5.09. The average molecular weight is 417 g/mol. The number of amides is 2. The van der Waals surface area contributed by atoms with Gasteiger partial charge in [-0.2, -0.15) is 0 Å². The molecule has 1 aromatic carbocycles. The van der Waals surface area contributed by atoms with E-state index < -0.39 is 0 Å². The topological polar surface area (TPSA) is 76.7 Å². The molecule has 166 valence electrons. The Morgan fingerprint density at radius 3 is 1.33 bits per heavy atom. The summed E-state index contributed by atoms with van der Waals surface area (Å²) in [7, 11) is 0. The van der Waals surface area contributed by atoms with Crippen LogP contribution in [0.4, 0.5) is 0 Å². The highest BCUT2D eigenvalue weighted by molar-refractivity contribution is 5.87. The summed E-state index contributed by atoms with van der Waals surface area (Å²) in [6, 6.07) is 0. The van der Waals surface area contributed by atoms with Gasteiger partial charge in [0, 0.05) is 13.1 Å². The van der Waals surface area contributed by atoms with Crippen LogP contribution in [-0.2, 0) is 9.59 Å². The lowest BCUT2D eigenvalue weighted by atomic mass is 9.98. The Labute approximate surface area is 180 Å². The number of unbranched alkanes of at least 4 members (excludes halogenated alkanes) is 2. The lowest BCUT2D eigenvalue weighted by Gasteiger charge is -2.21. The summed E-state index contributed by atoms with van der Waals surface area (Å²) in [6.45, 7) is 17.5. The highest BCUT2D eigenvalue weighted by atomic mass is 16.5. The molecule has 6 nitrogen and oxygen atoms in total. The van der Waals surface area contributed by atoms with Crippen molar-refractivity contribution in [3.8, 4) is 11.5 Å². The molecule has 0 saturated heterocycles. The Morgan fingerprint density at radius 1 is 0.700 bits per heavy atom. The molecule has 0 saturated carbocycles. The fraction of sp³-hybridized carbons (Fsp3) is 0.500. The van der Waals surface area contributed by atoms with Gasteiger partial charge in [0.15, 0.2) is 0 Å². The largest absolute Gasteiger partial charge is 0.493 e. The number of hydrogen-bond acceptors (Lipinski definition) is 4. The number of nitrogens with one attached hydrogen (secondary N) is 2. The average Bonchev–Trinajstić information content (AvgIpc) is 2.75. The first-order chi connectivity index (χ1) is 14.3. The fourth-order valence-corrected chi connectivity index (χ4v) is 3.05. The lowest BCUT2D eigenvalue weighted by Crippen LogP contribution is -2.22. The Hall–Kier alpha value is -2.76. The van der Waals surface area contributed by atoms with Gasteiger partial charge >= 0.3 is 0 Å². The van der Waals surface area contributed by atoms with Crippen molar-refractivity contribution in [3.63, 3.8) is 0 Å². The predicted octanol–water partition coefficient (Wildman–Crippen LogP) is 3.84. The van der Waals surface area contributed by atoms with Crippen LogP contribution in [0.1, 0.15) is 47.9 Å². The van der Waals surface area contributed by atoms with Crippen molar-refractivity contribution >= 4 is 11.8 Å². The predicted molar refractivity (Wildman–Crippen MR) is 121 cm³/mol. The second-order valence-corrected chi connectivity index (χ2v) is 7.26. The molecule has 0 spiro atoms. The van der Waals surface area contributed by atoms with Gasteiger partial charge in [-0.25, -0.2) is 0 Å².